The number of thiazole rings is 1. The summed E-state index contributed by atoms with van der Waals surface area (Å²) in [5.74, 6) is -1.09. The van der Waals surface area contributed by atoms with Crippen molar-refractivity contribution in [3.05, 3.63) is 35.5 Å². The van der Waals surface area contributed by atoms with Gasteiger partial charge >= 0.3 is 0 Å². The third kappa shape index (κ3) is 4.38. The number of ether oxygens (including phenoxy) is 1. The number of halogens is 2. The summed E-state index contributed by atoms with van der Waals surface area (Å²) < 4.78 is 60.7. The first-order valence-electron chi connectivity index (χ1n) is 10.7. The van der Waals surface area contributed by atoms with Gasteiger partial charge in [0.25, 0.3) is 5.91 Å². The lowest BCUT2D eigenvalue weighted by molar-refractivity contribution is -0.120. The number of anilines is 1. The summed E-state index contributed by atoms with van der Waals surface area (Å²) in [5, 5.41) is 6.13. The summed E-state index contributed by atoms with van der Waals surface area (Å²) in [6.07, 6.45) is 5.30. The van der Waals surface area contributed by atoms with Crippen molar-refractivity contribution in [3.8, 4) is 0 Å². The number of hydrogen-bond acceptors (Lipinski definition) is 7. The Morgan fingerprint density at radius 2 is 1.97 bits per heavy atom. The predicted octanol–water partition coefficient (Wildman–Crippen LogP) is 3.70. The number of nitrogens with one attached hydrogen (secondary N) is 1. The van der Waals surface area contributed by atoms with Gasteiger partial charge in [-0.05, 0) is 50.2 Å². The first kappa shape index (κ1) is 22.4. The second-order valence-corrected chi connectivity index (χ2v) is 11.6. The van der Waals surface area contributed by atoms with Crippen molar-refractivity contribution in [1.29, 1.82) is 0 Å². The predicted molar refractivity (Wildman–Crippen MR) is 118 cm³/mol. The van der Waals surface area contributed by atoms with Gasteiger partial charge in [0.15, 0.2) is 20.1 Å². The van der Waals surface area contributed by atoms with E-state index in [4.69, 9.17) is 4.74 Å². The highest BCUT2D eigenvalue weighted by Gasteiger charge is 2.40. The van der Waals surface area contributed by atoms with Gasteiger partial charge < -0.3 is 10.1 Å². The topological polar surface area (TPSA) is 103 Å². The van der Waals surface area contributed by atoms with Crippen LogP contribution in [-0.2, 0) is 19.4 Å². The van der Waals surface area contributed by atoms with Crippen molar-refractivity contribution in [2.75, 3.05) is 18.5 Å². The van der Waals surface area contributed by atoms with Gasteiger partial charge in [0.1, 0.15) is 16.8 Å². The van der Waals surface area contributed by atoms with Crippen LogP contribution in [0.2, 0.25) is 0 Å². The molecule has 0 bridgehead atoms. The molecule has 3 heterocycles. The van der Waals surface area contributed by atoms with Crippen LogP contribution in [0.25, 0.3) is 10.9 Å². The quantitative estimate of drug-likeness (QED) is 0.535. The fraction of sp³-hybridized carbons (Fsp3) is 0.476. The summed E-state index contributed by atoms with van der Waals surface area (Å²) in [6.45, 7) is 1.18. The lowest BCUT2D eigenvalue weighted by Crippen LogP contribution is -2.30. The molecule has 1 aromatic carbocycles. The molecule has 1 saturated heterocycles. The molecule has 1 aliphatic carbocycles. The molecule has 33 heavy (non-hydrogen) atoms. The standard InChI is InChI=1S/C21H22F2N4O4S2/c22-15-3-4-16-14(19(15)33(29,30)13-1-2-13)10-25-27(16)17(9-12-5-7-31-8-6-12)20(28)26-21-24-11-18(23)32-21/h3-4,10-13,17H,1-2,5-9H2,(H,24,26,28). The minimum absolute atomic E-state index is 0.119. The van der Waals surface area contributed by atoms with Crippen LogP contribution in [0.3, 0.4) is 0 Å². The highest BCUT2D eigenvalue weighted by Crippen LogP contribution is 2.39. The van der Waals surface area contributed by atoms with Gasteiger partial charge in [-0.15, -0.1) is 0 Å². The maximum atomic E-state index is 14.7. The van der Waals surface area contributed by atoms with E-state index in [-0.39, 0.29) is 21.3 Å². The highest BCUT2D eigenvalue weighted by atomic mass is 32.2. The van der Waals surface area contributed by atoms with Crippen molar-refractivity contribution in [1.82, 2.24) is 14.8 Å². The van der Waals surface area contributed by atoms with Crippen LogP contribution in [-0.4, -0.2) is 47.6 Å². The van der Waals surface area contributed by atoms with Crippen molar-refractivity contribution in [2.45, 2.75) is 48.3 Å². The summed E-state index contributed by atoms with van der Waals surface area (Å²) >= 11 is 0.710. The van der Waals surface area contributed by atoms with E-state index in [0.717, 1.165) is 25.1 Å². The molecule has 0 radical (unpaired) electrons. The maximum Gasteiger partial charge on any atom is 0.251 e. The molecule has 1 N–H and O–H groups in total. The van der Waals surface area contributed by atoms with E-state index in [9.17, 15) is 22.0 Å². The molecule has 2 aliphatic rings. The molecule has 2 fully saturated rings. The zero-order chi connectivity index (χ0) is 23.2. The monoisotopic (exact) mass is 496 g/mol. The maximum absolute atomic E-state index is 14.7. The van der Waals surface area contributed by atoms with Gasteiger partial charge in [-0.2, -0.15) is 9.49 Å². The van der Waals surface area contributed by atoms with Gasteiger partial charge in [-0.3, -0.25) is 9.48 Å². The lowest BCUT2D eigenvalue weighted by atomic mass is 9.92. The molecule has 2 aromatic heterocycles. The van der Waals surface area contributed by atoms with Gasteiger partial charge in [-0.1, -0.05) is 11.3 Å². The van der Waals surface area contributed by atoms with E-state index in [1.165, 1.54) is 16.9 Å². The van der Waals surface area contributed by atoms with E-state index >= 15 is 0 Å². The van der Waals surface area contributed by atoms with Crippen LogP contribution in [0, 0.1) is 16.9 Å². The number of hydrogen-bond donors (Lipinski definition) is 1. The van der Waals surface area contributed by atoms with Crippen molar-refractivity contribution < 1.29 is 26.7 Å². The number of nitrogens with zero attached hydrogens (tertiary/aromatic N) is 3. The number of carbonyl (C=O) groups excluding carboxylic acids is 1. The Morgan fingerprint density at radius 3 is 2.64 bits per heavy atom. The fourth-order valence-electron chi connectivity index (χ4n) is 4.27. The van der Waals surface area contributed by atoms with E-state index < -0.39 is 38.0 Å². The number of rotatable bonds is 7. The normalized spacial score (nSPS) is 18.5. The Kier molecular flexibility index (Phi) is 5.91. The molecular weight excluding hydrogens is 474 g/mol. The van der Waals surface area contributed by atoms with E-state index in [1.54, 1.807) is 0 Å². The third-order valence-electron chi connectivity index (χ3n) is 6.13. The van der Waals surface area contributed by atoms with Crippen molar-refractivity contribution in [2.24, 2.45) is 5.92 Å². The average Bonchev–Trinajstić information content (AvgIpc) is 3.47. The van der Waals surface area contributed by atoms with Crippen LogP contribution in [0.5, 0.6) is 0 Å². The highest BCUT2D eigenvalue weighted by molar-refractivity contribution is 7.92. The molecule has 1 aliphatic heterocycles. The molecular formula is C21H22F2N4O4S2. The zero-order valence-electron chi connectivity index (χ0n) is 17.5. The number of sulfone groups is 1. The molecule has 8 nitrogen and oxygen atoms in total. The molecule has 176 valence electrons. The van der Waals surface area contributed by atoms with E-state index in [0.29, 0.717) is 49.3 Å². The van der Waals surface area contributed by atoms with Crippen LogP contribution in [0.15, 0.2) is 29.4 Å². The van der Waals surface area contributed by atoms with Gasteiger partial charge in [-0.25, -0.2) is 17.8 Å². The SMILES string of the molecule is O=C(Nc1ncc(F)s1)C(CC1CCOCC1)n1ncc2c(S(=O)(=O)C3CC3)c(F)ccc21. The Hall–Kier alpha value is -2.44. The van der Waals surface area contributed by atoms with Gasteiger partial charge in [0.2, 0.25) is 0 Å². The fourth-order valence-corrected chi connectivity index (χ4v) is 6.71. The molecule has 1 atom stereocenters. The molecule has 3 aromatic rings. The number of fused-ring (bicyclic) bond motifs is 1. The van der Waals surface area contributed by atoms with Crippen molar-refractivity contribution >= 4 is 43.1 Å². The molecule has 1 amide bonds. The largest absolute Gasteiger partial charge is 0.381 e. The Morgan fingerprint density at radius 1 is 1.21 bits per heavy atom. The Bertz CT molecular complexity index is 1300. The first-order valence-corrected chi connectivity index (χ1v) is 13.1. The van der Waals surface area contributed by atoms with Crippen molar-refractivity contribution in [3.63, 3.8) is 0 Å². The summed E-state index contributed by atoms with van der Waals surface area (Å²) in [7, 11) is -3.82. The smallest absolute Gasteiger partial charge is 0.251 e. The Labute approximate surface area is 192 Å². The second-order valence-electron chi connectivity index (χ2n) is 8.41. The minimum Gasteiger partial charge on any atom is -0.381 e. The van der Waals surface area contributed by atoms with Crippen LogP contribution >= 0.6 is 11.3 Å². The lowest BCUT2D eigenvalue weighted by Gasteiger charge is -2.26. The third-order valence-corrected chi connectivity index (χ3v) is 9.17. The molecule has 1 unspecified atom stereocenters. The molecule has 12 heteroatoms. The number of benzene rings is 1. The summed E-state index contributed by atoms with van der Waals surface area (Å²) in [5.41, 5.74) is 0.355. The van der Waals surface area contributed by atoms with Crippen LogP contribution in [0.4, 0.5) is 13.9 Å². The second kappa shape index (κ2) is 8.73. The zero-order valence-corrected chi connectivity index (χ0v) is 19.2. The Balaban J connectivity index is 1.55. The number of amides is 1. The average molecular weight is 497 g/mol. The molecule has 0 spiro atoms. The van der Waals surface area contributed by atoms with Gasteiger partial charge in [0, 0.05) is 18.6 Å². The number of carbonyl (C=O) groups is 1. The number of aromatic nitrogens is 3. The van der Waals surface area contributed by atoms with E-state index in [1.807, 2.05) is 0 Å². The van der Waals surface area contributed by atoms with E-state index in [2.05, 4.69) is 15.4 Å². The molecule has 5 rings (SSSR count). The summed E-state index contributed by atoms with van der Waals surface area (Å²) in [4.78, 5) is 16.7. The van der Waals surface area contributed by atoms with Crippen LogP contribution < -0.4 is 5.32 Å². The van der Waals surface area contributed by atoms with Gasteiger partial charge in [0.05, 0.1) is 23.2 Å². The first-order chi connectivity index (χ1) is 15.8. The summed E-state index contributed by atoms with van der Waals surface area (Å²) in [6, 6.07) is 1.73. The minimum atomic E-state index is -3.82. The van der Waals surface area contributed by atoms with Crippen LogP contribution in [0.1, 0.15) is 38.1 Å². The molecule has 1 saturated carbocycles.